The minimum atomic E-state index is -1.54. The monoisotopic (exact) mass is 438 g/mol. The number of nitrogens with zero attached hydrogens (tertiary/aromatic N) is 1. The first-order valence-electron chi connectivity index (χ1n) is 10.8. The van der Waals surface area contributed by atoms with Crippen molar-refractivity contribution in [1.82, 2.24) is 4.90 Å². The molecule has 30 heavy (non-hydrogen) atoms. The zero-order valence-corrected chi connectivity index (χ0v) is 19.6. The molecule has 1 fully saturated rings. The third kappa shape index (κ3) is 4.94. The van der Waals surface area contributed by atoms with Gasteiger partial charge in [0.1, 0.15) is 16.2 Å². The van der Waals surface area contributed by atoms with Gasteiger partial charge in [-0.05, 0) is 96.4 Å². The van der Waals surface area contributed by atoms with Gasteiger partial charge in [0, 0.05) is 23.8 Å². The van der Waals surface area contributed by atoms with E-state index in [9.17, 15) is 13.7 Å². The molecule has 2 aliphatic heterocycles. The average Bonchev–Trinajstić information content (AvgIpc) is 2.97. The van der Waals surface area contributed by atoms with Crippen molar-refractivity contribution in [2.45, 2.75) is 101 Å². The van der Waals surface area contributed by atoms with E-state index in [-0.39, 0.29) is 18.0 Å². The van der Waals surface area contributed by atoms with Gasteiger partial charge in [-0.25, -0.2) is 9.18 Å². The SMILES string of the molecule is CC(C)(C)OC(=O)N1[C@H]2CCc3ccc(F)cc3CC[C@]1(CC(C)(C)[S+](N)[O-])CC2. The molecule has 1 aromatic rings. The van der Waals surface area contributed by atoms with Crippen LogP contribution in [-0.2, 0) is 28.9 Å². The molecule has 0 aliphatic carbocycles. The van der Waals surface area contributed by atoms with E-state index in [0.717, 1.165) is 36.8 Å². The van der Waals surface area contributed by atoms with Crippen LogP contribution < -0.4 is 5.14 Å². The smallest absolute Gasteiger partial charge is 0.411 e. The number of ether oxygens (including phenoxy) is 1. The maximum atomic E-state index is 13.9. The van der Waals surface area contributed by atoms with Crippen LogP contribution in [0.4, 0.5) is 9.18 Å². The maximum absolute atomic E-state index is 13.9. The molecule has 168 valence electrons. The van der Waals surface area contributed by atoms with E-state index in [1.807, 2.05) is 45.6 Å². The Bertz CT molecular complexity index is 793. The van der Waals surface area contributed by atoms with Crippen LogP contribution >= 0.6 is 0 Å². The molecule has 0 saturated carbocycles. The molecule has 3 atom stereocenters. The number of nitrogens with two attached hydrogens (primary N) is 1. The first-order valence-corrected chi connectivity index (χ1v) is 12.0. The predicted octanol–water partition coefficient (Wildman–Crippen LogP) is 4.63. The second-order valence-corrected chi connectivity index (χ2v) is 12.2. The van der Waals surface area contributed by atoms with Crippen molar-refractivity contribution in [2.24, 2.45) is 5.14 Å². The van der Waals surface area contributed by atoms with E-state index in [1.165, 1.54) is 6.07 Å². The molecule has 2 bridgehead atoms. The number of hydrogen-bond donors (Lipinski definition) is 1. The molecule has 2 N–H and O–H groups in total. The first kappa shape index (κ1) is 23.4. The lowest BCUT2D eigenvalue weighted by Gasteiger charge is -2.44. The van der Waals surface area contributed by atoms with Gasteiger partial charge in [-0.15, -0.1) is 0 Å². The van der Waals surface area contributed by atoms with Crippen LogP contribution in [0, 0.1) is 5.82 Å². The number of benzene rings is 1. The third-order valence-corrected chi connectivity index (χ3v) is 7.72. The molecule has 1 unspecified atom stereocenters. The second kappa shape index (κ2) is 8.32. The normalized spacial score (nSPS) is 25.7. The molecule has 0 radical (unpaired) electrons. The van der Waals surface area contributed by atoms with E-state index < -0.39 is 27.2 Å². The van der Waals surface area contributed by atoms with Crippen molar-refractivity contribution in [3.63, 3.8) is 0 Å². The summed E-state index contributed by atoms with van der Waals surface area (Å²) in [6.45, 7) is 9.38. The van der Waals surface area contributed by atoms with Gasteiger partial charge < -0.3 is 9.29 Å². The molecule has 1 aromatic carbocycles. The van der Waals surface area contributed by atoms with Crippen molar-refractivity contribution in [2.75, 3.05) is 0 Å². The lowest BCUT2D eigenvalue weighted by atomic mass is 9.80. The van der Waals surface area contributed by atoms with Crippen LogP contribution in [0.15, 0.2) is 18.2 Å². The fourth-order valence-electron chi connectivity index (χ4n) is 5.13. The lowest BCUT2D eigenvalue weighted by molar-refractivity contribution is -0.00824. The number of rotatable bonds is 3. The Labute approximate surface area is 182 Å². The van der Waals surface area contributed by atoms with Gasteiger partial charge in [0.2, 0.25) is 0 Å². The van der Waals surface area contributed by atoms with Crippen molar-refractivity contribution >= 4 is 17.5 Å². The van der Waals surface area contributed by atoms with Gasteiger partial charge in [-0.2, -0.15) is 5.14 Å². The average molecular weight is 439 g/mol. The van der Waals surface area contributed by atoms with Crippen LogP contribution in [-0.4, -0.2) is 37.5 Å². The van der Waals surface area contributed by atoms with Crippen LogP contribution in [0.5, 0.6) is 0 Å². The van der Waals surface area contributed by atoms with E-state index in [0.29, 0.717) is 19.3 Å². The topological polar surface area (TPSA) is 78.6 Å². The zero-order chi connectivity index (χ0) is 22.3. The summed E-state index contributed by atoms with van der Waals surface area (Å²) in [5.74, 6) is -0.236. The molecule has 0 aromatic heterocycles. The zero-order valence-electron chi connectivity index (χ0n) is 18.8. The highest BCUT2D eigenvalue weighted by atomic mass is 32.2. The first-order chi connectivity index (χ1) is 13.8. The summed E-state index contributed by atoms with van der Waals surface area (Å²) in [7, 11) is 0. The van der Waals surface area contributed by atoms with Gasteiger partial charge in [-0.3, -0.25) is 4.90 Å². The molecular weight excluding hydrogens is 403 g/mol. The number of aryl methyl sites for hydroxylation is 2. The summed E-state index contributed by atoms with van der Waals surface area (Å²) >= 11 is -1.54. The molecule has 5 nitrogen and oxygen atoms in total. The number of fused-ring (bicyclic) bond motifs is 3. The Morgan fingerprint density at radius 2 is 1.93 bits per heavy atom. The lowest BCUT2D eigenvalue weighted by Crippen LogP contribution is -2.56. The molecule has 1 amide bonds. The summed E-state index contributed by atoms with van der Waals surface area (Å²) in [4.78, 5) is 15.3. The molecule has 7 heteroatoms. The Balaban J connectivity index is 2.02. The predicted molar refractivity (Wildman–Crippen MR) is 118 cm³/mol. The number of carbonyl (C=O) groups excluding carboxylic acids is 1. The number of amides is 1. The molecular formula is C23H35FN2O3S. The van der Waals surface area contributed by atoms with Gasteiger partial charge in [-0.1, -0.05) is 6.07 Å². The number of carbonyl (C=O) groups is 1. The molecule has 3 rings (SSSR count). The van der Waals surface area contributed by atoms with Gasteiger partial charge >= 0.3 is 6.09 Å². The minimum Gasteiger partial charge on any atom is -0.598 e. The highest BCUT2D eigenvalue weighted by molar-refractivity contribution is 7.90. The highest BCUT2D eigenvalue weighted by Gasteiger charge is 2.54. The van der Waals surface area contributed by atoms with Crippen LogP contribution in [0.3, 0.4) is 0 Å². The Hall–Kier alpha value is -1.31. The van der Waals surface area contributed by atoms with Gasteiger partial charge in [0.15, 0.2) is 0 Å². The minimum absolute atomic E-state index is 0.0397. The summed E-state index contributed by atoms with van der Waals surface area (Å²) in [5.41, 5.74) is 1.02. The van der Waals surface area contributed by atoms with Crippen LogP contribution in [0.1, 0.15) is 77.8 Å². The van der Waals surface area contributed by atoms with Crippen LogP contribution in [0.25, 0.3) is 0 Å². The van der Waals surface area contributed by atoms with Crippen molar-refractivity contribution in [1.29, 1.82) is 0 Å². The second-order valence-electron chi connectivity index (χ2n) is 10.5. The van der Waals surface area contributed by atoms with E-state index >= 15 is 0 Å². The highest BCUT2D eigenvalue weighted by Crippen LogP contribution is 2.47. The van der Waals surface area contributed by atoms with Crippen molar-refractivity contribution in [3.8, 4) is 0 Å². The van der Waals surface area contributed by atoms with Crippen LogP contribution in [0.2, 0.25) is 0 Å². The summed E-state index contributed by atoms with van der Waals surface area (Å²) in [5, 5.41) is 5.82. The quantitative estimate of drug-likeness (QED) is 0.698. The Kier molecular flexibility index (Phi) is 6.48. The maximum Gasteiger partial charge on any atom is 0.411 e. The largest absolute Gasteiger partial charge is 0.598 e. The Morgan fingerprint density at radius 1 is 1.23 bits per heavy atom. The van der Waals surface area contributed by atoms with E-state index in [1.54, 1.807) is 6.07 Å². The third-order valence-electron chi connectivity index (χ3n) is 6.48. The fraction of sp³-hybridized carbons (Fsp3) is 0.696. The number of halogens is 1. The summed E-state index contributed by atoms with van der Waals surface area (Å²) < 4.78 is 31.4. The van der Waals surface area contributed by atoms with E-state index in [2.05, 4.69) is 0 Å². The molecule has 2 heterocycles. The molecule has 1 saturated heterocycles. The van der Waals surface area contributed by atoms with Gasteiger partial charge in [0.25, 0.3) is 0 Å². The molecule has 0 spiro atoms. The fourth-order valence-corrected chi connectivity index (χ4v) is 5.54. The van der Waals surface area contributed by atoms with E-state index in [4.69, 9.17) is 9.88 Å². The van der Waals surface area contributed by atoms with Crippen molar-refractivity contribution in [3.05, 3.63) is 35.1 Å². The summed E-state index contributed by atoms with van der Waals surface area (Å²) in [6, 6.07) is 5.04. The standard InChI is InChI=1S/C23H35FN2O3S/c1-21(2,3)29-20(27)26-19-9-7-16-6-8-18(24)14-17(16)10-12-23(26,13-11-19)15-22(4,5)30(25)28/h6,8,14,19H,7,9-13,15,25H2,1-5H3/t19-,23+,30?/m0/s1. The Morgan fingerprint density at radius 3 is 2.57 bits per heavy atom. The number of hydrogen-bond acceptors (Lipinski definition) is 4. The van der Waals surface area contributed by atoms with Gasteiger partial charge in [0.05, 0.1) is 5.54 Å². The summed E-state index contributed by atoms with van der Waals surface area (Å²) in [6.07, 6.45) is 4.80. The molecule has 2 aliphatic rings. The van der Waals surface area contributed by atoms with Crippen molar-refractivity contribution < 1.29 is 18.5 Å².